The van der Waals surface area contributed by atoms with Gasteiger partial charge in [0.05, 0.1) is 44.8 Å². The minimum Gasteiger partial charge on any atom is -0.309 e. The summed E-state index contributed by atoms with van der Waals surface area (Å²) in [5, 5.41) is 4.99. The largest absolute Gasteiger partial charge is 0.309 e. The van der Waals surface area contributed by atoms with Gasteiger partial charge in [-0.25, -0.2) is 15.0 Å². The van der Waals surface area contributed by atoms with Crippen LogP contribution in [0.1, 0.15) is 0 Å². The van der Waals surface area contributed by atoms with Gasteiger partial charge in [-0.05, 0) is 117 Å². The Kier molecular flexibility index (Phi) is 12.5. The van der Waals surface area contributed by atoms with E-state index >= 15 is 0 Å². The van der Waals surface area contributed by atoms with E-state index < -0.39 is 0 Å². The average Bonchev–Trinajstić information content (AvgIpc) is 2.42. The van der Waals surface area contributed by atoms with Gasteiger partial charge < -0.3 is 9.13 Å². The third-order valence-electron chi connectivity index (χ3n) is 16.8. The highest BCUT2D eigenvalue weighted by atomic mass is 15.0. The SMILES string of the molecule is c1ccc(-c2ccc(-c3cc(-c4ccc(-n5c6ccccc6c6ccccc65)cc4)nc(-c4ccc(-c5cccc(-c6ccc(-c7cc(-c8ccc(-n9c%10ccccc%10c%10ccccc%109)cc8)cc(-c8ccccc8)n7)cc6)c5)cc4)n3)cc2)cc1. The lowest BCUT2D eigenvalue weighted by atomic mass is 9.96. The molecule has 16 aromatic rings. The first-order valence-corrected chi connectivity index (χ1v) is 29.2. The summed E-state index contributed by atoms with van der Waals surface area (Å²) in [7, 11) is 0. The maximum atomic E-state index is 5.29. The Morgan fingerprint density at radius 3 is 0.884 bits per heavy atom. The van der Waals surface area contributed by atoms with Gasteiger partial charge in [0.15, 0.2) is 5.82 Å². The minimum absolute atomic E-state index is 0.667. The molecule has 0 spiro atoms. The van der Waals surface area contributed by atoms with Crippen molar-refractivity contribution in [3.05, 3.63) is 322 Å². The lowest BCUT2D eigenvalue weighted by molar-refractivity contribution is 1.17. The van der Waals surface area contributed by atoms with E-state index in [9.17, 15) is 0 Å². The molecule has 86 heavy (non-hydrogen) atoms. The van der Waals surface area contributed by atoms with Crippen LogP contribution < -0.4 is 0 Å². The smallest absolute Gasteiger partial charge is 0.160 e. The molecule has 0 saturated heterocycles. The van der Waals surface area contributed by atoms with Crippen molar-refractivity contribution in [2.24, 2.45) is 0 Å². The van der Waals surface area contributed by atoms with Gasteiger partial charge in [0, 0.05) is 60.7 Å². The highest BCUT2D eigenvalue weighted by Crippen LogP contribution is 2.38. The fraction of sp³-hybridized carbons (Fsp3) is 0. The average molecular weight is 1100 g/mol. The molecule has 0 aliphatic heterocycles. The van der Waals surface area contributed by atoms with Crippen LogP contribution in [0.25, 0.3) is 156 Å². The van der Waals surface area contributed by atoms with Crippen LogP contribution in [0.2, 0.25) is 0 Å². The lowest BCUT2D eigenvalue weighted by Gasteiger charge is -2.13. The van der Waals surface area contributed by atoms with Gasteiger partial charge in [0.1, 0.15) is 0 Å². The Hall–Kier alpha value is -11.5. The maximum absolute atomic E-state index is 5.29. The van der Waals surface area contributed by atoms with Crippen molar-refractivity contribution in [3.63, 3.8) is 0 Å². The van der Waals surface area contributed by atoms with E-state index in [-0.39, 0.29) is 0 Å². The maximum Gasteiger partial charge on any atom is 0.160 e. The highest BCUT2D eigenvalue weighted by molar-refractivity contribution is 6.10. The summed E-state index contributed by atoms with van der Waals surface area (Å²) < 4.78 is 4.71. The summed E-state index contributed by atoms with van der Waals surface area (Å²) in [6, 6.07) is 115. The second-order valence-electron chi connectivity index (χ2n) is 22.0. The number of hydrogen-bond donors (Lipinski definition) is 0. The quantitative estimate of drug-likeness (QED) is 0.130. The van der Waals surface area contributed by atoms with E-state index in [0.717, 1.165) is 101 Å². The number of aromatic nitrogens is 5. The molecule has 0 aliphatic rings. The lowest BCUT2D eigenvalue weighted by Crippen LogP contribution is -1.97. The summed E-state index contributed by atoms with van der Waals surface area (Å²) in [6.07, 6.45) is 0. The predicted octanol–water partition coefficient (Wildman–Crippen LogP) is 21.1. The summed E-state index contributed by atoms with van der Waals surface area (Å²) in [4.78, 5) is 15.8. The van der Waals surface area contributed by atoms with Crippen LogP contribution in [0.5, 0.6) is 0 Å². The molecular weight excluding hydrogens is 1040 g/mol. The molecular formula is C81H53N5. The molecule has 0 bridgehead atoms. The molecule has 12 aromatic carbocycles. The Morgan fingerprint density at radius 2 is 0.453 bits per heavy atom. The number of nitrogens with zero attached hydrogens (tertiary/aromatic N) is 5. The molecule has 0 amide bonds. The first-order valence-electron chi connectivity index (χ1n) is 29.2. The monoisotopic (exact) mass is 1100 g/mol. The van der Waals surface area contributed by atoms with Crippen molar-refractivity contribution >= 4 is 43.6 Å². The van der Waals surface area contributed by atoms with Crippen LogP contribution in [0.4, 0.5) is 0 Å². The Labute approximate surface area is 498 Å². The van der Waals surface area contributed by atoms with Crippen molar-refractivity contribution in [1.82, 2.24) is 24.1 Å². The van der Waals surface area contributed by atoms with Crippen LogP contribution in [0, 0.1) is 0 Å². The highest BCUT2D eigenvalue weighted by Gasteiger charge is 2.17. The molecule has 0 saturated carbocycles. The zero-order chi connectivity index (χ0) is 56.9. The molecule has 0 unspecified atom stereocenters. The van der Waals surface area contributed by atoms with E-state index in [1.165, 1.54) is 49.2 Å². The number of para-hydroxylation sites is 4. The van der Waals surface area contributed by atoms with Crippen LogP contribution >= 0.6 is 0 Å². The zero-order valence-corrected chi connectivity index (χ0v) is 46.8. The molecule has 0 atom stereocenters. The van der Waals surface area contributed by atoms with Crippen LogP contribution in [0.15, 0.2) is 322 Å². The number of benzene rings is 12. The molecule has 16 rings (SSSR count). The molecule has 0 radical (unpaired) electrons. The van der Waals surface area contributed by atoms with Crippen LogP contribution in [-0.2, 0) is 0 Å². The Morgan fingerprint density at radius 1 is 0.174 bits per heavy atom. The normalized spacial score (nSPS) is 11.5. The minimum atomic E-state index is 0.667. The fourth-order valence-corrected chi connectivity index (χ4v) is 12.4. The number of fused-ring (bicyclic) bond motifs is 6. The van der Waals surface area contributed by atoms with Crippen molar-refractivity contribution in [3.8, 4) is 112 Å². The van der Waals surface area contributed by atoms with Gasteiger partial charge >= 0.3 is 0 Å². The summed E-state index contributed by atoms with van der Waals surface area (Å²) in [5.74, 6) is 0.667. The zero-order valence-electron chi connectivity index (χ0n) is 46.8. The first kappa shape index (κ1) is 50.2. The second kappa shape index (κ2) is 21.3. The third-order valence-corrected chi connectivity index (χ3v) is 16.8. The van der Waals surface area contributed by atoms with E-state index in [1.54, 1.807) is 0 Å². The molecule has 4 aromatic heterocycles. The number of rotatable bonds is 11. The molecule has 402 valence electrons. The van der Waals surface area contributed by atoms with Crippen LogP contribution in [-0.4, -0.2) is 24.1 Å². The van der Waals surface area contributed by atoms with Gasteiger partial charge in [-0.2, -0.15) is 0 Å². The van der Waals surface area contributed by atoms with E-state index in [2.05, 4.69) is 331 Å². The number of hydrogen-bond acceptors (Lipinski definition) is 3. The molecule has 0 N–H and O–H groups in total. The topological polar surface area (TPSA) is 48.5 Å². The van der Waals surface area contributed by atoms with Crippen LogP contribution in [0.3, 0.4) is 0 Å². The van der Waals surface area contributed by atoms with Gasteiger partial charge in [-0.15, -0.1) is 0 Å². The molecule has 0 aliphatic carbocycles. The number of pyridine rings is 1. The first-order chi connectivity index (χ1) is 42.6. The van der Waals surface area contributed by atoms with Crippen molar-refractivity contribution in [1.29, 1.82) is 0 Å². The molecule has 5 nitrogen and oxygen atoms in total. The van der Waals surface area contributed by atoms with Gasteiger partial charge in [-0.1, -0.05) is 249 Å². The predicted molar refractivity (Wildman–Crippen MR) is 357 cm³/mol. The standard InChI is InChI=1S/C81H53N5/c1-3-16-54(17-4-1)55-30-36-61(37-31-55)75-53-76(62-44-48-68(49-45-62)86-79-28-13-9-24-71(79)72-25-10-14-29-80(72)86)84-81(83-75)63-40-34-57(35-41-63)65-21-15-20-64(50-65)56-32-38-60(39-33-56)74-52-66(51-73(82-74)59-18-5-2-6-19-59)58-42-46-67(47-43-58)85-77-26-11-7-22-69(77)70-23-8-12-27-78(70)85/h1-53H. The summed E-state index contributed by atoms with van der Waals surface area (Å²) >= 11 is 0. The summed E-state index contributed by atoms with van der Waals surface area (Å²) in [6.45, 7) is 0. The van der Waals surface area contributed by atoms with Gasteiger partial charge in [0.25, 0.3) is 0 Å². The molecule has 0 fully saturated rings. The van der Waals surface area contributed by atoms with Crippen molar-refractivity contribution < 1.29 is 0 Å². The van der Waals surface area contributed by atoms with Crippen molar-refractivity contribution in [2.45, 2.75) is 0 Å². The Balaban J connectivity index is 0.695. The van der Waals surface area contributed by atoms with Gasteiger partial charge in [0.2, 0.25) is 0 Å². The summed E-state index contributed by atoms with van der Waals surface area (Å²) in [5.41, 5.74) is 24.7. The second-order valence-corrected chi connectivity index (χ2v) is 22.0. The van der Waals surface area contributed by atoms with E-state index in [4.69, 9.17) is 15.0 Å². The van der Waals surface area contributed by atoms with Crippen molar-refractivity contribution in [2.75, 3.05) is 0 Å². The molecule has 4 heterocycles. The third kappa shape index (κ3) is 9.21. The Bertz CT molecular complexity index is 5050. The van der Waals surface area contributed by atoms with Gasteiger partial charge in [-0.3, -0.25) is 0 Å². The fourth-order valence-electron chi connectivity index (χ4n) is 12.4. The van der Waals surface area contributed by atoms with E-state index in [0.29, 0.717) is 5.82 Å². The van der Waals surface area contributed by atoms with E-state index in [1.807, 2.05) is 0 Å². The molecule has 5 heteroatoms.